The van der Waals surface area contributed by atoms with Crippen LogP contribution in [0.15, 0.2) is 42.5 Å². The van der Waals surface area contributed by atoms with Crippen LogP contribution >= 0.6 is 0 Å². The Labute approximate surface area is 160 Å². The molecule has 1 saturated heterocycles. The summed E-state index contributed by atoms with van der Waals surface area (Å²) in [5.74, 6) is 0.548. The Hall–Kier alpha value is -2.54. The predicted molar refractivity (Wildman–Crippen MR) is 107 cm³/mol. The molecule has 27 heavy (non-hydrogen) atoms. The van der Waals surface area contributed by atoms with Gasteiger partial charge in [-0.2, -0.15) is 0 Å². The molecule has 0 saturated carbocycles. The van der Waals surface area contributed by atoms with Gasteiger partial charge in [-0.15, -0.1) is 0 Å². The monoisotopic (exact) mass is 388 g/mol. The molecule has 0 unspecified atom stereocenters. The predicted octanol–water partition coefficient (Wildman–Crippen LogP) is 3.25. The normalized spacial score (nSPS) is 16.0. The van der Waals surface area contributed by atoms with Gasteiger partial charge in [-0.05, 0) is 62.6 Å². The first kappa shape index (κ1) is 19.2. The van der Waals surface area contributed by atoms with Crippen LogP contribution < -0.4 is 14.4 Å². The van der Waals surface area contributed by atoms with Crippen molar-refractivity contribution >= 4 is 27.3 Å². The van der Waals surface area contributed by atoms with Crippen molar-refractivity contribution < 1.29 is 17.9 Å². The first-order chi connectivity index (χ1) is 12.8. The summed E-state index contributed by atoms with van der Waals surface area (Å²) in [6.07, 6.45) is 1.56. The van der Waals surface area contributed by atoms with Crippen LogP contribution in [-0.2, 0) is 14.8 Å². The van der Waals surface area contributed by atoms with Gasteiger partial charge in [-0.25, -0.2) is 8.42 Å². The van der Waals surface area contributed by atoms with Crippen molar-refractivity contribution in [3.8, 4) is 5.75 Å². The van der Waals surface area contributed by atoms with E-state index in [1.165, 1.54) is 4.31 Å². The maximum Gasteiger partial charge on any atom is 0.262 e. The fourth-order valence-corrected chi connectivity index (χ4v) is 4.75. The molecule has 1 N–H and O–H groups in total. The number of ether oxygens (including phenoxy) is 1. The van der Waals surface area contributed by atoms with Gasteiger partial charge in [-0.1, -0.05) is 17.7 Å². The van der Waals surface area contributed by atoms with E-state index < -0.39 is 10.0 Å². The van der Waals surface area contributed by atoms with Crippen molar-refractivity contribution in [1.82, 2.24) is 0 Å². The van der Waals surface area contributed by atoms with Gasteiger partial charge >= 0.3 is 0 Å². The number of nitrogens with zero attached hydrogens (tertiary/aromatic N) is 1. The molecule has 0 atom stereocenters. The van der Waals surface area contributed by atoms with E-state index in [9.17, 15) is 13.2 Å². The van der Waals surface area contributed by atoms with Crippen molar-refractivity contribution in [3.05, 3.63) is 53.6 Å². The Bertz CT molecular complexity index is 923. The lowest BCUT2D eigenvalue weighted by Crippen LogP contribution is -2.38. The number of aryl methyl sites for hydroxylation is 2. The average Bonchev–Trinajstić information content (AvgIpc) is 2.62. The summed E-state index contributed by atoms with van der Waals surface area (Å²) in [5, 5.41) is 2.78. The second-order valence-electron chi connectivity index (χ2n) is 6.75. The maximum absolute atomic E-state index is 12.3. The molecular weight excluding hydrogens is 364 g/mol. The number of carbonyl (C=O) groups is 1. The minimum absolute atomic E-state index is 0.0929. The molecule has 2 aromatic rings. The lowest BCUT2D eigenvalue weighted by molar-refractivity contribution is -0.118. The van der Waals surface area contributed by atoms with Crippen molar-refractivity contribution in [2.24, 2.45) is 0 Å². The fraction of sp³-hybridized carbons (Fsp3) is 0.350. The van der Waals surface area contributed by atoms with Crippen LogP contribution in [0.4, 0.5) is 11.4 Å². The quantitative estimate of drug-likeness (QED) is 0.853. The van der Waals surface area contributed by atoms with Crippen LogP contribution in [0.3, 0.4) is 0 Å². The Morgan fingerprint density at radius 2 is 1.85 bits per heavy atom. The van der Waals surface area contributed by atoms with Gasteiger partial charge in [0.2, 0.25) is 10.0 Å². The maximum atomic E-state index is 12.3. The number of nitrogens with one attached hydrogen (secondary N) is 1. The summed E-state index contributed by atoms with van der Waals surface area (Å²) < 4.78 is 31.5. The van der Waals surface area contributed by atoms with E-state index >= 15 is 0 Å². The largest absolute Gasteiger partial charge is 0.484 e. The molecule has 0 radical (unpaired) electrons. The fourth-order valence-electron chi connectivity index (χ4n) is 3.05. The molecule has 0 aromatic heterocycles. The third-order valence-corrected chi connectivity index (χ3v) is 6.34. The van der Waals surface area contributed by atoms with Crippen molar-refractivity contribution in [2.75, 3.05) is 28.5 Å². The Balaban J connectivity index is 1.63. The molecule has 1 heterocycles. The number of hydrogen-bond acceptors (Lipinski definition) is 4. The SMILES string of the molecule is Cc1ccc(OCC(=O)Nc2ccc(N3CCCCS3(=O)=O)c(C)c2)cc1. The number of anilines is 2. The van der Waals surface area contributed by atoms with Crippen molar-refractivity contribution in [2.45, 2.75) is 26.7 Å². The molecular formula is C20H24N2O4S. The van der Waals surface area contributed by atoms with Gasteiger partial charge in [0.05, 0.1) is 11.4 Å². The first-order valence-corrected chi connectivity index (χ1v) is 10.6. The van der Waals surface area contributed by atoms with E-state index in [0.717, 1.165) is 17.5 Å². The molecule has 0 bridgehead atoms. The lowest BCUT2D eigenvalue weighted by Gasteiger charge is -2.29. The topological polar surface area (TPSA) is 75.7 Å². The van der Waals surface area contributed by atoms with Crippen LogP contribution in [0.5, 0.6) is 5.75 Å². The van der Waals surface area contributed by atoms with E-state index in [0.29, 0.717) is 30.1 Å². The summed E-state index contributed by atoms with van der Waals surface area (Å²) in [6, 6.07) is 12.7. The molecule has 0 spiro atoms. The molecule has 1 amide bonds. The highest BCUT2D eigenvalue weighted by Gasteiger charge is 2.27. The molecule has 0 aliphatic carbocycles. The van der Waals surface area contributed by atoms with E-state index in [1.54, 1.807) is 18.2 Å². The number of rotatable bonds is 5. The zero-order valence-corrected chi connectivity index (χ0v) is 16.4. The van der Waals surface area contributed by atoms with Gasteiger partial charge in [0, 0.05) is 12.2 Å². The molecule has 7 heteroatoms. The average molecular weight is 388 g/mol. The highest BCUT2D eigenvalue weighted by Crippen LogP contribution is 2.28. The number of hydrogen-bond donors (Lipinski definition) is 1. The molecule has 1 aliphatic heterocycles. The van der Waals surface area contributed by atoms with E-state index in [2.05, 4.69) is 5.32 Å². The molecule has 3 rings (SSSR count). The molecule has 6 nitrogen and oxygen atoms in total. The van der Waals surface area contributed by atoms with Crippen molar-refractivity contribution in [1.29, 1.82) is 0 Å². The lowest BCUT2D eigenvalue weighted by atomic mass is 10.1. The van der Waals surface area contributed by atoms with E-state index in [1.807, 2.05) is 38.1 Å². The highest BCUT2D eigenvalue weighted by molar-refractivity contribution is 7.92. The second-order valence-corrected chi connectivity index (χ2v) is 8.76. The molecule has 1 aliphatic rings. The molecule has 2 aromatic carbocycles. The Kier molecular flexibility index (Phi) is 5.70. The minimum Gasteiger partial charge on any atom is -0.484 e. The van der Waals surface area contributed by atoms with Crippen LogP contribution in [0, 0.1) is 13.8 Å². The summed E-state index contributed by atoms with van der Waals surface area (Å²) >= 11 is 0. The number of benzene rings is 2. The van der Waals surface area contributed by atoms with Gasteiger partial charge in [0.25, 0.3) is 5.91 Å². The molecule has 1 fully saturated rings. The van der Waals surface area contributed by atoms with E-state index in [4.69, 9.17) is 4.74 Å². The summed E-state index contributed by atoms with van der Waals surface area (Å²) in [5.41, 5.74) is 3.21. The summed E-state index contributed by atoms with van der Waals surface area (Å²) in [6.45, 7) is 4.24. The third kappa shape index (κ3) is 4.80. The highest BCUT2D eigenvalue weighted by atomic mass is 32.2. The Morgan fingerprint density at radius 3 is 2.52 bits per heavy atom. The number of carbonyl (C=O) groups excluding carboxylic acids is 1. The standard InChI is InChI=1S/C20H24N2O4S/c1-15-5-8-18(9-6-15)26-14-20(23)21-17-7-10-19(16(2)13-17)22-11-3-4-12-27(22,24)25/h5-10,13H,3-4,11-12,14H2,1-2H3,(H,21,23). The molecule has 144 valence electrons. The number of amides is 1. The minimum atomic E-state index is -3.25. The van der Waals surface area contributed by atoms with Gasteiger partial charge in [-0.3, -0.25) is 9.10 Å². The van der Waals surface area contributed by atoms with Gasteiger partial charge in [0.1, 0.15) is 5.75 Å². The summed E-state index contributed by atoms with van der Waals surface area (Å²) in [4.78, 5) is 12.1. The van der Waals surface area contributed by atoms with E-state index in [-0.39, 0.29) is 18.3 Å². The first-order valence-electron chi connectivity index (χ1n) is 8.95. The number of sulfonamides is 1. The van der Waals surface area contributed by atoms with Crippen LogP contribution in [0.25, 0.3) is 0 Å². The van der Waals surface area contributed by atoms with Crippen LogP contribution in [0.1, 0.15) is 24.0 Å². The van der Waals surface area contributed by atoms with Crippen molar-refractivity contribution in [3.63, 3.8) is 0 Å². The third-order valence-electron chi connectivity index (χ3n) is 4.49. The Morgan fingerprint density at radius 1 is 1.11 bits per heavy atom. The van der Waals surface area contributed by atoms with Gasteiger partial charge < -0.3 is 10.1 Å². The second kappa shape index (κ2) is 8.00. The van der Waals surface area contributed by atoms with Crippen LogP contribution in [-0.4, -0.2) is 33.2 Å². The summed E-state index contributed by atoms with van der Waals surface area (Å²) in [7, 11) is -3.25. The van der Waals surface area contributed by atoms with Crippen LogP contribution in [0.2, 0.25) is 0 Å². The van der Waals surface area contributed by atoms with Gasteiger partial charge in [0.15, 0.2) is 6.61 Å². The zero-order valence-electron chi connectivity index (χ0n) is 15.6. The zero-order chi connectivity index (χ0) is 19.4. The smallest absolute Gasteiger partial charge is 0.262 e.